The van der Waals surface area contributed by atoms with Crippen LogP contribution in [-0.4, -0.2) is 36.7 Å². The van der Waals surface area contributed by atoms with Crippen molar-refractivity contribution >= 4 is 20.2 Å². The lowest BCUT2D eigenvalue weighted by Gasteiger charge is -1.98. The van der Waals surface area contributed by atoms with Gasteiger partial charge in [-0.1, -0.05) is 0 Å². The first-order valence-electron chi connectivity index (χ1n) is 3.63. The third kappa shape index (κ3) is 3.63. The number of rotatable bonds is 4. The third-order valence-corrected chi connectivity index (χ3v) is 3.12. The van der Waals surface area contributed by atoms with E-state index in [2.05, 4.69) is 17.4 Å². The maximum atomic E-state index is 10.7. The highest BCUT2D eigenvalue weighted by Gasteiger charge is 2.18. The van der Waals surface area contributed by atoms with Crippen molar-refractivity contribution in [1.29, 1.82) is 0 Å². The number of aryl methyl sites for hydroxylation is 1. The van der Waals surface area contributed by atoms with Gasteiger partial charge in [0.2, 0.25) is 0 Å². The molecule has 84 valence electrons. The number of nitrogens with one attached hydrogen (secondary N) is 1. The third-order valence-electron chi connectivity index (χ3n) is 1.53. The largest absolute Gasteiger partial charge is 0.351 e. The van der Waals surface area contributed by atoms with Crippen molar-refractivity contribution in [1.82, 2.24) is 4.98 Å². The van der Waals surface area contributed by atoms with Gasteiger partial charge in [-0.05, 0) is 6.42 Å². The second kappa shape index (κ2) is 3.93. The second-order valence-electron chi connectivity index (χ2n) is 2.69. The zero-order valence-electron chi connectivity index (χ0n) is 7.26. The lowest BCUT2D eigenvalue weighted by atomic mass is 10.3. The minimum atomic E-state index is -4.45. The SMILES string of the molecule is O=S(=O)(O)CCc1[c][nH][c]c1S(=O)(=O)O. The Kier molecular flexibility index (Phi) is 3.19. The summed E-state index contributed by atoms with van der Waals surface area (Å²) in [4.78, 5) is 1.61. The predicted octanol–water partition coefficient (Wildman–Crippen LogP) is -0.708. The first-order chi connectivity index (χ1) is 6.70. The van der Waals surface area contributed by atoms with Crippen molar-refractivity contribution in [3.05, 3.63) is 18.0 Å². The van der Waals surface area contributed by atoms with E-state index in [1.165, 1.54) is 0 Å². The molecule has 1 heterocycles. The van der Waals surface area contributed by atoms with Gasteiger partial charge in [0.15, 0.2) is 0 Å². The van der Waals surface area contributed by atoms with Crippen LogP contribution < -0.4 is 0 Å². The fourth-order valence-electron chi connectivity index (χ4n) is 0.923. The van der Waals surface area contributed by atoms with Crippen LogP contribution in [0.15, 0.2) is 4.90 Å². The van der Waals surface area contributed by atoms with Gasteiger partial charge in [-0.25, -0.2) is 0 Å². The highest BCUT2D eigenvalue weighted by atomic mass is 32.2. The molecule has 3 N–H and O–H groups in total. The lowest BCUT2D eigenvalue weighted by molar-refractivity contribution is 0.477. The normalized spacial score (nSPS) is 12.9. The monoisotopic (exact) mass is 253 g/mol. The number of hydrogen-bond donors (Lipinski definition) is 3. The molecule has 7 nitrogen and oxygen atoms in total. The van der Waals surface area contributed by atoms with E-state index in [0.717, 1.165) is 0 Å². The van der Waals surface area contributed by atoms with Crippen molar-refractivity contribution in [3.8, 4) is 0 Å². The Morgan fingerprint density at radius 1 is 1.13 bits per heavy atom. The highest BCUT2D eigenvalue weighted by molar-refractivity contribution is 7.86. The summed E-state index contributed by atoms with van der Waals surface area (Å²) < 4.78 is 59.3. The van der Waals surface area contributed by atoms with Crippen molar-refractivity contribution < 1.29 is 25.9 Å². The van der Waals surface area contributed by atoms with Crippen LogP contribution in [0.1, 0.15) is 5.56 Å². The van der Waals surface area contributed by atoms with E-state index in [1.807, 2.05) is 0 Å². The van der Waals surface area contributed by atoms with E-state index in [0.29, 0.717) is 0 Å². The zero-order chi connectivity index (χ0) is 11.7. The summed E-state index contributed by atoms with van der Waals surface area (Å²) in [6, 6.07) is 0. The summed E-state index contributed by atoms with van der Waals surface area (Å²) in [6.45, 7) is 0. The molecule has 0 fully saturated rings. The Morgan fingerprint density at radius 2 is 1.73 bits per heavy atom. The van der Waals surface area contributed by atoms with Crippen molar-refractivity contribution in [2.45, 2.75) is 11.3 Å². The molecule has 0 aliphatic carbocycles. The van der Waals surface area contributed by atoms with Gasteiger partial charge in [0.25, 0.3) is 20.2 Å². The minimum absolute atomic E-state index is 0.0740. The number of aromatic amines is 1. The van der Waals surface area contributed by atoms with E-state index in [-0.39, 0.29) is 12.0 Å². The van der Waals surface area contributed by atoms with Crippen molar-refractivity contribution in [2.24, 2.45) is 0 Å². The van der Waals surface area contributed by atoms with Crippen LogP contribution in [-0.2, 0) is 26.7 Å². The average Bonchev–Trinajstić information content (AvgIpc) is 2.45. The minimum Gasteiger partial charge on any atom is -0.351 e. The lowest BCUT2D eigenvalue weighted by Crippen LogP contribution is -2.08. The van der Waals surface area contributed by atoms with Crippen molar-refractivity contribution in [3.63, 3.8) is 0 Å². The molecular weight excluding hydrogens is 246 g/mol. The van der Waals surface area contributed by atoms with Crippen LogP contribution >= 0.6 is 0 Å². The summed E-state index contributed by atoms with van der Waals surface area (Å²) in [7, 11) is -8.64. The summed E-state index contributed by atoms with van der Waals surface area (Å²) >= 11 is 0. The topological polar surface area (TPSA) is 125 Å². The molecule has 0 aliphatic rings. The summed E-state index contributed by atoms with van der Waals surface area (Å²) in [5.41, 5.74) is -0.0740. The fourth-order valence-corrected chi connectivity index (χ4v) is 2.03. The highest BCUT2D eigenvalue weighted by Crippen LogP contribution is 2.14. The van der Waals surface area contributed by atoms with Crippen LogP contribution in [0.25, 0.3) is 0 Å². The molecule has 1 rings (SSSR count). The van der Waals surface area contributed by atoms with Crippen LogP contribution in [0, 0.1) is 12.4 Å². The smallest absolute Gasteiger partial charge is 0.297 e. The molecule has 0 spiro atoms. The quantitative estimate of drug-likeness (QED) is 0.609. The Balaban J connectivity index is 2.94. The van der Waals surface area contributed by atoms with Crippen LogP contribution in [0.3, 0.4) is 0 Å². The molecule has 0 amide bonds. The van der Waals surface area contributed by atoms with Gasteiger partial charge in [-0.15, -0.1) is 0 Å². The Bertz CT molecular complexity index is 540. The van der Waals surface area contributed by atoms with E-state index in [1.54, 1.807) is 0 Å². The molecule has 1 aromatic rings. The predicted molar refractivity (Wildman–Crippen MR) is 48.4 cm³/mol. The molecule has 0 atom stereocenters. The van der Waals surface area contributed by atoms with Gasteiger partial charge < -0.3 is 4.98 Å². The molecule has 0 unspecified atom stereocenters. The van der Waals surface area contributed by atoms with Gasteiger partial charge in [0.05, 0.1) is 18.1 Å². The molecular formula is C6H7NO6S2. The van der Waals surface area contributed by atoms with Gasteiger partial charge in [-0.3, -0.25) is 9.11 Å². The van der Waals surface area contributed by atoms with Crippen LogP contribution in [0.5, 0.6) is 0 Å². The van der Waals surface area contributed by atoms with Gasteiger partial charge >= 0.3 is 0 Å². The maximum absolute atomic E-state index is 10.7. The second-order valence-corrected chi connectivity index (χ2v) is 5.62. The number of hydrogen-bond acceptors (Lipinski definition) is 4. The van der Waals surface area contributed by atoms with E-state index >= 15 is 0 Å². The molecule has 0 saturated carbocycles. The van der Waals surface area contributed by atoms with E-state index < -0.39 is 30.9 Å². The Morgan fingerprint density at radius 3 is 2.20 bits per heavy atom. The van der Waals surface area contributed by atoms with Crippen molar-refractivity contribution in [2.75, 3.05) is 5.75 Å². The summed E-state index contributed by atoms with van der Waals surface area (Å²) in [5.74, 6) is -0.655. The average molecular weight is 253 g/mol. The Hall–Kier alpha value is -0.900. The maximum Gasteiger partial charge on any atom is 0.297 e. The molecule has 0 aromatic carbocycles. The number of H-pyrrole nitrogens is 1. The van der Waals surface area contributed by atoms with Crippen LogP contribution in [0.2, 0.25) is 0 Å². The van der Waals surface area contributed by atoms with Gasteiger partial charge in [-0.2, -0.15) is 16.8 Å². The summed E-state index contributed by atoms with van der Waals surface area (Å²) in [5, 5.41) is 0. The van der Waals surface area contributed by atoms with E-state index in [9.17, 15) is 16.8 Å². The van der Waals surface area contributed by atoms with E-state index in [4.69, 9.17) is 9.11 Å². The fraction of sp³-hybridized carbons (Fsp3) is 0.333. The zero-order valence-corrected chi connectivity index (χ0v) is 8.89. The summed E-state index contributed by atoms with van der Waals surface area (Å²) in [6.07, 6.45) is 4.09. The van der Waals surface area contributed by atoms with Gasteiger partial charge in [0.1, 0.15) is 4.90 Å². The Labute approximate surface area is 86.6 Å². The molecule has 0 bridgehead atoms. The first kappa shape index (κ1) is 12.2. The van der Waals surface area contributed by atoms with Crippen LogP contribution in [0.4, 0.5) is 0 Å². The standard InChI is InChI=1S/C6H7NO6S2/c8-14(9,10)2-1-5-3-7-4-6(5)15(11,12)13/h7H,1-2H2,(H,8,9,10)(H,11,12,13). The molecule has 9 heteroatoms. The molecule has 1 aromatic heterocycles. The molecule has 0 aliphatic heterocycles. The van der Waals surface area contributed by atoms with Gasteiger partial charge in [0, 0.05) is 5.56 Å². The molecule has 15 heavy (non-hydrogen) atoms. The molecule has 2 radical (unpaired) electrons. The number of aromatic nitrogens is 1. The first-order valence-corrected chi connectivity index (χ1v) is 6.68. The molecule has 0 saturated heterocycles.